The Kier molecular flexibility index (Phi) is 5.73. The third-order valence-corrected chi connectivity index (χ3v) is 4.71. The van der Waals surface area contributed by atoms with Gasteiger partial charge in [0.2, 0.25) is 11.8 Å². The molecule has 0 aliphatic carbocycles. The number of amides is 1. The van der Waals surface area contributed by atoms with Crippen LogP contribution in [0.25, 0.3) is 0 Å². The first-order valence-electron chi connectivity index (χ1n) is 8.86. The number of carbonyl (C=O) groups excluding carboxylic acids is 1. The number of hydrogen-bond acceptors (Lipinski definition) is 5. The molecule has 1 aliphatic rings. The number of nitrogens with one attached hydrogen (secondary N) is 2. The Morgan fingerprint density at radius 2 is 2.08 bits per heavy atom. The highest BCUT2D eigenvalue weighted by molar-refractivity contribution is 5.82. The Balaban J connectivity index is 1.70. The van der Waals surface area contributed by atoms with E-state index in [1.807, 2.05) is 43.3 Å². The fraction of sp³-hybridized carbons (Fsp3) is 0.400. The van der Waals surface area contributed by atoms with Crippen molar-refractivity contribution < 1.29 is 14.3 Å². The molecular formula is C20H25N3O3. The summed E-state index contributed by atoms with van der Waals surface area (Å²) >= 11 is 0. The van der Waals surface area contributed by atoms with Crippen molar-refractivity contribution in [2.45, 2.75) is 26.3 Å². The van der Waals surface area contributed by atoms with Crippen molar-refractivity contribution in [2.75, 3.05) is 20.2 Å². The van der Waals surface area contributed by atoms with Crippen LogP contribution in [0.1, 0.15) is 25.3 Å². The summed E-state index contributed by atoms with van der Waals surface area (Å²) in [6.45, 7) is 4.05. The molecule has 6 heteroatoms. The van der Waals surface area contributed by atoms with E-state index in [1.54, 1.807) is 13.3 Å². The number of piperidine rings is 1. The number of rotatable bonds is 6. The molecule has 0 saturated carbocycles. The highest BCUT2D eigenvalue weighted by Crippen LogP contribution is 2.31. The lowest BCUT2D eigenvalue weighted by atomic mass is 9.82. The Hall–Kier alpha value is -2.60. The Morgan fingerprint density at radius 1 is 1.27 bits per heavy atom. The minimum Gasteiger partial charge on any atom is -0.493 e. The predicted molar refractivity (Wildman–Crippen MR) is 99.4 cm³/mol. The van der Waals surface area contributed by atoms with Crippen molar-refractivity contribution in [3.05, 3.63) is 48.2 Å². The Morgan fingerprint density at radius 3 is 2.81 bits per heavy atom. The molecule has 26 heavy (non-hydrogen) atoms. The van der Waals surface area contributed by atoms with Crippen LogP contribution in [0.2, 0.25) is 0 Å². The SMILES string of the molecule is COc1ccccc1Oc1ncccc1CNC(=O)[C@@]1(C)CCCNC1. The van der Waals surface area contributed by atoms with Gasteiger partial charge >= 0.3 is 0 Å². The molecule has 3 rings (SSSR count). The van der Waals surface area contributed by atoms with Crippen LogP contribution in [0.15, 0.2) is 42.6 Å². The maximum absolute atomic E-state index is 12.6. The van der Waals surface area contributed by atoms with E-state index in [-0.39, 0.29) is 11.3 Å². The number of pyridine rings is 1. The van der Waals surface area contributed by atoms with Gasteiger partial charge in [-0.15, -0.1) is 0 Å². The van der Waals surface area contributed by atoms with E-state index in [1.165, 1.54) is 0 Å². The van der Waals surface area contributed by atoms with Gasteiger partial charge in [0, 0.05) is 24.8 Å². The van der Waals surface area contributed by atoms with Crippen LogP contribution < -0.4 is 20.1 Å². The first-order valence-corrected chi connectivity index (χ1v) is 8.86. The molecule has 2 heterocycles. The van der Waals surface area contributed by atoms with Gasteiger partial charge in [-0.05, 0) is 44.5 Å². The van der Waals surface area contributed by atoms with Crippen molar-refractivity contribution in [1.82, 2.24) is 15.6 Å². The highest BCUT2D eigenvalue weighted by Gasteiger charge is 2.34. The van der Waals surface area contributed by atoms with Gasteiger partial charge in [0.25, 0.3) is 0 Å². The zero-order chi connectivity index (χ0) is 18.4. The number of nitrogens with zero attached hydrogens (tertiary/aromatic N) is 1. The van der Waals surface area contributed by atoms with Gasteiger partial charge in [-0.1, -0.05) is 18.2 Å². The summed E-state index contributed by atoms with van der Waals surface area (Å²) < 4.78 is 11.3. The van der Waals surface area contributed by atoms with Crippen molar-refractivity contribution in [3.63, 3.8) is 0 Å². The summed E-state index contributed by atoms with van der Waals surface area (Å²) in [5.74, 6) is 1.74. The molecule has 138 valence electrons. The molecular weight excluding hydrogens is 330 g/mol. The summed E-state index contributed by atoms with van der Waals surface area (Å²) in [6.07, 6.45) is 3.57. The van der Waals surface area contributed by atoms with Crippen LogP contribution in [0, 0.1) is 5.41 Å². The number of carbonyl (C=O) groups is 1. The fourth-order valence-corrected chi connectivity index (χ4v) is 3.10. The van der Waals surface area contributed by atoms with Gasteiger partial charge in [-0.25, -0.2) is 4.98 Å². The Bertz CT molecular complexity index is 757. The number of benzene rings is 1. The van der Waals surface area contributed by atoms with E-state index in [2.05, 4.69) is 15.6 Å². The van der Waals surface area contributed by atoms with Crippen molar-refractivity contribution >= 4 is 5.91 Å². The lowest BCUT2D eigenvalue weighted by Gasteiger charge is -2.32. The van der Waals surface area contributed by atoms with Gasteiger partial charge in [-0.3, -0.25) is 4.79 Å². The number of methoxy groups -OCH3 is 1. The molecule has 6 nitrogen and oxygen atoms in total. The average Bonchev–Trinajstić information content (AvgIpc) is 2.68. The quantitative estimate of drug-likeness (QED) is 0.834. The summed E-state index contributed by atoms with van der Waals surface area (Å²) in [7, 11) is 1.60. The third kappa shape index (κ3) is 4.14. The minimum atomic E-state index is -0.371. The average molecular weight is 355 g/mol. The lowest BCUT2D eigenvalue weighted by molar-refractivity contribution is -0.131. The zero-order valence-electron chi connectivity index (χ0n) is 15.2. The molecule has 1 aromatic carbocycles. The maximum atomic E-state index is 12.6. The van der Waals surface area contributed by atoms with Crippen LogP contribution in [0.4, 0.5) is 0 Å². The fourth-order valence-electron chi connectivity index (χ4n) is 3.10. The summed E-state index contributed by atoms with van der Waals surface area (Å²) in [6, 6.07) is 11.1. The van der Waals surface area contributed by atoms with Crippen LogP contribution in [-0.2, 0) is 11.3 Å². The smallest absolute Gasteiger partial charge is 0.227 e. The topological polar surface area (TPSA) is 72.5 Å². The van der Waals surface area contributed by atoms with E-state index in [4.69, 9.17) is 9.47 Å². The first kappa shape index (κ1) is 18.2. The minimum absolute atomic E-state index is 0.0526. The first-order chi connectivity index (χ1) is 12.6. The second kappa shape index (κ2) is 8.19. The molecule has 1 fully saturated rings. The van der Waals surface area contributed by atoms with Gasteiger partial charge in [-0.2, -0.15) is 0 Å². The second-order valence-corrected chi connectivity index (χ2v) is 6.74. The molecule has 2 N–H and O–H groups in total. The zero-order valence-corrected chi connectivity index (χ0v) is 15.2. The summed E-state index contributed by atoms with van der Waals surface area (Å²) in [5.41, 5.74) is 0.448. The molecule has 0 bridgehead atoms. The van der Waals surface area contributed by atoms with Crippen molar-refractivity contribution in [1.29, 1.82) is 0 Å². The molecule has 1 saturated heterocycles. The van der Waals surface area contributed by atoms with Crippen LogP contribution in [-0.4, -0.2) is 31.1 Å². The van der Waals surface area contributed by atoms with Gasteiger partial charge in [0.05, 0.1) is 12.5 Å². The molecule has 1 amide bonds. The highest BCUT2D eigenvalue weighted by atomic mass is 16.5. The second-order valence-electron chi connectivity index (χ2n) is 6.74. The number of ether oxygens (including phenoxy) is 2. The molecule has 1 aromatic heterocycles. The maximum Gasteiger partial charge on any atom is 0.227 e. The largest absolute Gasteiger partial charge is 0.493 e. The molecule has 0 radical (unpaired) electrons. The van der Waals surface area contributed by atoms with Gasteiger partial charge in [0.1, 0.15) is 0 Å². The van der Waals surface area contributed by atoms with Crippen LogP contribution in [0.5, 0.6) is 17.4 Å². The number of aromatic nitrogens is 1. The lowest BCUT2D eigenvalue weighted by Crippen LogP contribution is -2.48. The standard InChI is InChI=1S/C20H25N3O3/c1-20(10-6-11-21-14-20)19(24)23-13-15-7-5-12-22-18(15)26-17-9-4-3-8-16(17)25-2/h3-5,7-9,12,21H,6,10-11,13-14H2,1-2H3,(H,23,24)/t20-/m0/s1. The predicted octanol–water partition coefficient (Wildman–Crippen LogP) is 2.89. The van der Waals surface area contributed by atoms with Crippen molar-refractivity contribution in [3.8, 4) is 17.4 Å². The normalized spacial score (nSPS) is 19.6. The third-order valence-electron chi connectivity index (χ3n) is 4.71. The number of hydrogen-bond donors (Lipinski definition) is 2. The van der Waals surface area contributed by atoms with E-state index >= 15 is 0 Å². The monoisotopic (exact) mass is 355 g/mol. The molecule has 0 unspecified atom stereocenters. The van der Waals surface area contributed by atoms with Gasteiger partial charge < -0.3 is 20.1 Å². The van der Waals surface area contributed by atoms with E-state index < -0.39 is 0 Å². The van der Waals surface area contributed by atoms with Crippen molar-refractivity contribution in [2.24, 2.45) is 5.41 Å². The molecule has 1 aliphatic heterocycles. The molecule has 2 aromatic rings. The van der Waals surface area contributed by atoms with E-state index in [0.717, 1.165) is 24.9 Å². The summed E-state index contributed by atoms with van der Waals surface area (Å²) in [4.78, 5) is 16.9. The number of para-hydroxylation sites is 2. The summed E-state index contributed by atoms with van der Waals surface area (Å²) in [5, 5.41) is 6.33. The molecule has 0 spiro atoms. The van der Waals surface area contributed by atoms with Crippen LogP contribution in [0.3, 0.4) is 0 Å². The Labute approximate surface area is 153 Å². The van der Waals surface area contributed by atoms with Gasteiger partial charge in [0.15, 0.2) is 11.5 Å². The molecule has 1 atom stereocenters. The van der Waals surface area contributed by atoms with Crippen LogP contribution >= 0.6 is 0 Å². The van der Waals surface area contributed by atoms with E-state index in [0.29, 0.717) is 30.5 Å². The van der Waals surface area contributed by atoms with E-state index in [9.17, 15) is 4.79 Å².